The van der Waals surface area contributed by atoms with Crippen LogP contribution in [-0.2, 0) is 0 Å². The molecule has 3 heteroatoms. The maximum absolute atomic E-state index is 5.80. The van der Waals surface area contributed by atoms with Crippen LogP contribution in [0.15, 0.2) is 30.3 Å². The van der Waals surface area contributed by atoms with E-state index in [4.69, 9.17) is 5.73 Å². The van der Waals surface area contributed by atoms with Crippen LogP contribution in [-0.4, -0.2) is 31.7 Å². The summed E-state index contributed by atoms with van der Waals surface area (Å²) in [6.45, 7) is 4.25. The summed E-state index contributed by atoms with van der Waals surface area (Å²) >= 11 is 0. The Morgan fingerprint density at radius 2 is 1.06 bits per heavy atom. The molecule has 0 radical (unpaired) electrons. The fourth-order valence-corrected chi connectivity index (χ4v) is 5.14. The molecular weight excluding hydrogens is 424 g/mol. The second kappa shape index (κ2) is 21.9. The van der Waals surface area contributed by atoms with Gasteiger partial charge in [-0.05, 0) is 13.0 Å². The molecule has 1 atom stereocenters. The zero-order chi connectivity index (χ0) is 23.3. The molecular formula is C30H57ClN2. The van der Waals surface area contributed by atoms with Crippen molar-refractivity contribution >= 4 is 0 Å². The molecule has 0 fully saturated rings. The highest BCUT2D eigenvalue weighted by Gasteiger charge is 2.28. The molecule has 0 heterocycles. The van der Waals surface area contributed by atoms with Crippen LogP contribution in [0.4, 0.5) is 0 Å². The Morgan fingerprint density at radius 3 is 1.48 bits per heavy atom. The predicted octanol–water partition coefficient (Wildman–Crippen LogP) is 5.81. The lowest BCUT2D eigenvalue weighted by atomic mass is 9.96. The monoisotopic (exact) mass is 480 g/mol. The number of nitrogens with zero attached hydrogens (tertiary/aromatic N) is 1. The van der Waals surface area contributed by atoms with Crippen LogP contribution in [0.3, 0.4) is 0 Å². The number of nitrogens with two attached hydrogens (primary N) is 1. The van der Waals surface area contributed by atoms with Gasteiger partial charge in [0, 0.05) is 18.4 Å². The van der Waals surface area contributed by atoms with Gasteiger partial charge in [0.05, 0.1) is 20.6 Å². The average molecular weight is 481 g/mol. The first-order chi connectivity index (χ1) is 15.6. The molecule has 194 valence electrons. The lowest BCUT2D eigenvalue weighted by Gasteiger charge is -2.38. The zero-order valence-electron chi connectivity index (χ0n) is 22.5. The molecule has 0 aliphatic carbocycles. The van der Waals surface area contributed by atoms with Crippen LogP contribution in [0.1, 0.15) is 134 Å². The fraction of sp³-hybridized carbons (Fsp3) is 0.800. The molecule has 2 nitrogen and oxygen atoms in total. The molecule has 0 saturated carbocycles. The van der Waals surface area contributed by atoms with Crippen molar-refractivity contribution in [1.82, 2.24) is 0 Å². The highest BCUT2D eigenvalue weighted by molar-refractivity contribution is 5.17. The van der Waals surface area contributed by atoms with Crippen LogP contribution < -0.4 is 18.1 Å². The summed E-state index contributed by atoms with van der Waals surface area (Å²) in [5.41, 5.74) is 7.30. The third-order valence-electron chi connectivity index (χ3n) is 7.30. The van der Waals surface area contributed by atoms with E-state index in [1.54, 1.807) is 0 Å². The maximum Gasteiger partial charge on any atom is 0.114 e. The summed E-state index contributed by atoms with van der Waals surface area (Å²) in [5, 5.41) is 0. The summed E-state index contributed by atoms with van der Waals surface area (Å²) in [7, 11) is 4.78. The van der Waals surface area contributed by atoms with Gasteiger partial charge >= 0.3 is 0 Å². The number of rotatable bonds is 22. The summed E-state index contributed by atoms with van der Waals surface area (Å²) in [6, 6.07) is 11.8. The molecule has 1 unspecified atom stereocenters. The molecule has 0 amide bonds. The summed E-state index contributed by atoms with van der Waals surface area (Å²) in [6.07, 6.45) is 25.4. The summed E-state index contributed by atoms with van der Waals surface area (Å²) in [5.74, 6) is 0. The summed E-state index contributed by atoms with van der Waals surface area (Å²) < 4.78 is 1.06. The van der Waals surface area contributed by atoms with E-state index in [1.807, 2.05) is 0 Å². The van der Waals surface area contributed by atoms with Gasteiger partial charge in [-0.2, -0.15) is 0 Å². The van der Waals surface area contributed by atoms with Gasteiger partial charge in [0.25, 0.3) is 0 Å². The van der Waals surface area contributed by atoms with Crippen LogP contribution in [0.25, 0.3) is 0 Å². The molecule has 33 heavy (non-hydrogen) atoms. The number of hydrogen-bond donors (Lipinski definition) is 1. The minimum Gasteiger partial charge on any atom is -1.00 e. The minimum absolute atomic E-state index is 0. The molecule has 0 aromatic heterocycles. The fourth-order valence-electron chi connectivity index (χ4n) is 5.14. The quantitative estimate of drug-likeness (QED) is 0.164. The standard InChI is InChI=1S/C30H57N2.ClH/c1-4-5-6-7-8-9-10-11-12-13-14-15-16-17-18-22-26-30(29-24-20-19-21-25-29)32(2,3)28-23-27-31;/h19-21,24-25,30H,4-18,22-23,26-28,31H2,1-3H3;1H/q+1;/p-1. The average Bonchev–Trinajstić information content (AvgIpc) is 2.80. The van der Waals surface area contributed by atoms with E-state index < -0.39 is 0 Å². The van der Waals surface area contributed by atoms with Gasteiger partial charge < -0.3 is 22.6 Å². The Kier molecular flexibility index (Phi) is 21.6. The first-order valence-electron chi connectivity index (χ1n) is 14.2. The van der Waals surface area contributed by atoms with Gasteiger partial charge in [-0.15, -0.1) is 0 Å². The molecule has 1 aromatic rings. The normalized spacial score (nSPS) is 12.5. The molecule has 0 bridgehead atoms. The van der Waals surface area contributed by atoms with Crippen molar-refractivity contribution < 1.29 is 16.9 Å². The van der Waals surface area contributed by atoms with Gasteiger partial charge in [-0.25, -0.2) is 0 Å². The Bertz CT molecular complexity index is 517. The molecule has 2 N–H and O–H groups in total. The topological polar surface area (TPSA) is 26.0 Å². The number of hydrogen-bond acceptors (Lipinski definition) is 1. The number of unbranched alkanes of at least 4 members (excludes halogenated alkanes) is 15. The second-order valence-corrected chi connectivity index (χ2v) is 10.7. The van der Waals surface area contributed by atoms with Gasteiger partial charge in [-0.1, -0.05) is 134 Å². The number of halogens is 1. The van der Waals surface area contributed by atoms with Crippen molar-refractivity contribution in [3.8, 4) is 0 Å². The van der Waals surface area contributed by atoms with Crippen LogP contribution in [0.2, 0.25) is 0 Å². The Labute approximate surface area is 214 Å². The Morgan fingerprint density at radius 1 is 0.636 bits per heavy atom. The second-order valence-electron chi connectivity index (χ2n) is 10.7. The van der Waals surface area contributed by atoms with E-state index in [0.29, 0.717) is 6.04 Å². The van der Waals surface area contributed by atoms with Gasteiger partial charge in [-0.3, -0.25) is 0 Å². The highest BCUT2D eigenvalue weighted by Crippen LogP contribution is 2.31. The molecule has 0 saturated heterocycles. The van der Waals surface area contributed by atoms with E-state index in [1.165, 1.54) is 115 Å². The molecule has 1 aromatic carbocycles. The van der Waals surface area contributed by atoms with E-state index in [-0.39, 0.29) is 12.4 Å². The van der Waals surface area contributed by atoms with Crippen molar-refractivity contribution in [3.63, 3.8) is 0 Å². The van der Waals surface area contributed by atoms with Gasteiger partial charge in [0.15, 0.2) is 0 Å². The lowest BCUT2D eigenvalue weighted by molar-refractivity contribution is -0.921. The maximum atomic E-state index is 5.80. The molecule has 1 rings (SSSR count). The largest absolute Gasteiger partial charge is 1.00 e. The number of quaternary nitrogens is 1. The highest BCUT2D eigenvalue weighted by atomic mass is 35.5. The van der Waals surface area contributed by atoms with Gasteiger partial charge in [0.2, 0.25) is 0 Å². The van der Waals surface area contributed by atoms with Crippen molar-refractivity contribution in [1.29, 1.82) is 0 Å². The third-order valence-corrected chi connectivity index (χ3v) is 7.30. The third kappa shape index (κ3) is 16.7. The summed E-state index contributed by atoms with van der Waals surface area (Å²) in [4.78, 5) is 0. The first kappa shape index (κ1) is 32.4. The van der Waals surface area contributed by atoms with Crippen molar-refractivity contribution in [2.24, 2.45) is 5.73 Å². The van der Waals surface area contributed by atoms with Crippen LogP contribution in [0, 0.1) is 0 Å². The van der Waals surface area contributed by atoms with E-state index in [0.717, 1.165) is 24.0 Å². The van der Waals surface area contributed by atoms with E-state index in [2.05, 4.69) is 51.4 Å². The molecule has 0 aliphatic heterocycles. The van der Waals surface area contributed by atoms with Crippen molar-refractivity contribution in [3.05, 3.63) is 35.9 Å². The Balaban J connectivity index is 0.0000102. The van der Waals surface area contributed by atoms with Crippen molar-refractivity contribution in [2.75, 3.05) is 27.2 Å². The predicted molar refractivity (Wildman–Crippen MR) is 144 cm³/mol. The van der Waals surface area contributed by atoms with Gasteiger partial charge in [0.1, 0.15) is 6.04 Å². The lowest BCUT2D eigenvalue weighted by Crippen LogP contribution is -3.00. The molecule has 0 aliphatic rings. The SMILES string of the molecule is CCCCCCCCCCCCCCCCCCC(c1ccccc1)[N+](C)(C)CCCN.[Cl-]. The smallest absolute Gasteiger partial charge is 0.114 e. The van der Waals surface area contributed by atoms with E-state index >= 15 is 0 Å². The first-order valence-corrected chi connectivity index (χ1v) is 14.2. The van der Waals surface area contributed by atoms with Crippen LogP contribution in [0.5, 0.6) is 0 Å². The zero-order valence-corrected chi connectivity index (χ0v) is 23.3. The minimum atomic E-state index is 0. The van der Waals surface area contributed by atoms with Crippen LogP contribution >= 0.6 is 0 Å². The Hall–Kier alpha value is -0.570. The van der Waals surface area contributed by atoms with E-state index in [9.17, 15) is 0 Å². The number of benzene rings is 1. The van der Waals surface area contributed by atoms with Crippen molar-refractivity contribution in [2.45, 2.75) is 129 Å². The molecule has 0 spiro atoms.